The first kappa shape index (κ1) is 20.1. The number of fused-ring (bicyclic) bond motifs is 5. The fraction of sp³-hybridized carbons (Fsp3) is 0.889. The fourth-order valence-corrected chi connectivity index (χ4v) is 9.09. The van der Waals surface area contributed by atoms with Gasteiger partial charge in [-0.05, 0) is 105 Å². The number of hydrogen-bond acceptors (Lipinski definition) is 2. The second kappa shape index (κ2) is 8.04. The van der Waals surface area contributed by atoms with Gasteiger partial charge in [0.05, 0.1) is 12.9 Å². The molecule has 4 aliphatic carbocycles. The fourth-order valence-electron chi connectivity index (χ4n) is 9.09. The highest BCUT2D eigenvalue weighted by Gasteiger charge is 2.56. The van der Waals surface area contributed by atoms with Crippen molar-refractivity contribution in [3.63, 3.8) is 0 Å². The Bertz CT molecular complexity index is 638. The predicted octanol–water partition coefficient (Wildman–Crippen LogP) is 6.57. The molecular weight excluding hydrogens is 352 g/mol. The summed E-state index contributed by atoms with van der Waals surface area (Å²) in [5.74, 6) is 6.88. The Morgan fingerprint density at radius 2 is 1.90 bits per heavy atom. The molecule has 0 aromatic carbocycles. The minimum atomic E-state index is 0.666. The Morgan fingerprint density at radius 1 is 1.07 bits per heavy atom. The van der Waals surface area contributed by atoms with Gasteiger partial charge in [-0.25, -0.2) is 0 Å². The van der Waals surface area contributed by atoms with E-state index in [0.717, 1.165) is 61.1 Å². The van der Waals surface area contributed by atoms with E-state index in [9.17, 15) is 0 Å². The normalized spacial score (nSPS) is 46.3. The Morgan fingerprint density at radius 3 is 2.69 bits per heavy atom. The van der Waals surface area contributed by atoms with E-state index in [-0.39, 0.29) is 0 Å². The monoisotopic (exact) mass is 396 g/mol. The average Bonchev–Trinajstić information content (AvgIpc) is 3.38. The predicted molar refractivity (Wildman–Crippen MR) is 123 cm³/mol. The van der Waals surface area contributed by atoms with Gasteiger partial charge in [0.15, 0.2) is 0 Å². The molecule has 5 rings (SSSR count). The molecule has 5 aliphatic rings. The molecule has 2 heteroatoms. The lowest BCUT2D eigenvalue weighted by Crippen LogP contribution is -2.51. The van der Waals surface area contributed by atoms with Crippen LogP contribution in [0.4, 0.5) is 0 Å². The molecule has 2 nitrogen and oxygen atoms in total. The molecule has 1 aliphatic heterocycles. The standard InChI is InChI=1S/C27H44N2/c1-4-5-20-12-13-27(3)21(16-20)6-7-25-24-9-8-22(23(24)10-11-26(25)27)19(2)17-29-15-14-28-18-29/h18,20-26H,2,4-17H2,1,3H3. The molecule has 8 atom stereocenters. The average molecular weight is 397 g/mol. The third-order valence-electron chi connectivity index (χ3n) is 10.5. The summed E-state index contributed by atoms with van der Waals surface area (Å²) in [4.78, 5) is 6.79. The first-order valence-corrected chi connectivity index (χ1v) is 13.0. The van der Waals surface area contributed by atoms with Gasteiger partial charge in [-0.2, -0.15) is 0 Å². The van der Waals surface area contributed by atoms with Gasteiger partial charge in [0, 0.05) is 13.1 Å². The largest absolute Gasteiger partial charge is 0.357 e. The molecule has 162 valence electrons. The summed E-state index contributed by atoms with van der Waals surface area (Å²) >= 11 is 0. The second-order valence-corrected chi connectivity index (χ2v) is 11.7. The van der Waals surface area contributed by atoms with Crippen LogP contribution in [0.2, 0.25) is 0 Å². The maximum Gasteiger partial charge on any atom is 0.0854 e. The van der Waals surface area contributed by atoms with Crippen molar-refractivity contribution in [2.24, 2.45) is 51.8 Å². The molecule has 0 aromatic rings. The molecule has 8 unspecified atom stereocenters. The molecule has 0 bridgehead atoms. The first-order chi connectivity index (χ1) is 14.1. The van der Waals surface area contributed by atoms with Gasteiger partial charge in [0.2, 0.25) is 0 Å². The van der Waals surface area contributed by atoms with E-state index in [2.05, 4.69) is 36.7 Å². The highest BCUT2D eigenvalue weighted by Crippen LogP contribution is 2.65. The highest BCUT2D eigenvalue weighted by molar-refractivity contribution is 5.57. The van der Waals surface area contributed by atoms with Crippen LogP contribution in [0.3, 0.4) is 0 Å². The molecular formula is C27H44N2. The van der Waals surface area contributed by atoms with Crippen LogP contribution < -0.4 is 0 Å². The molecule has 0 aromatic heterocycles. The quantitative estimate of drug-likeness (QED) is 0.480. The lowest BCUT2D eigenvalue weighted by atomic mass is 9.46. The number of nitrogens with zero attached hydrogens (tertiary/aromatic N) is 2. The molecule has 0 radical (unpaired) electrons. The summed E-state index contributed by atoms with van der Waals surface area (Å²) < 4.78 is 0. The van der Waals surface area contributed by atoms with Crippen LogP contribution in [-0.2, 0) is 0 Å². The molecule has 4 fully saturated rings. The van der Waals surface area contributed by atoms with Crippen LogP contribution >= 0.6 is 0 Å². The van der Waals surface area contributed by atoms with Crippen molar-refractivity contribution in [1.82, 2.24) is 4.90 Å². The Hall–Kier alpha value is -0.790. The van der Waals surface area contributed by atoms with E-state index in [0.29, 0.717) is 5.41 Å². The van der Waals surface area contributed by atoms with Crippen molar-refractivity contribution in [3.05, 3.63) is 12.2 Å². The summed E-state index contributed by atoms with van der Waals surface area (Å²) in [5.41, 5.74) is 2.18. The van der Waals surface area contributed by atoms with Crippen molar-refractivity contribution >= 4 is 6.34 Å². The zero-order chi connectivity index (χ0) is 20.0. The lowest BCUT2D eigenvalue weighted by Gasteiger charge is -2.59. The van der Waals surface area contributed by atoms with Crippen LogP contribution in [0.25, 0.3) is 0 Å². The molecule has 0 amide bonds. The van der Waals surface area contributed by atoms with Crippen molar-refractivity contribution in [2.75, 3.05) is 19.6 Å². The molecule has 0 spiro atoms. The molecule has 0 N–H and O–H groups in total. The smallest absolute Gasteiger partial charge is 0.0854 e. The van der Waals surface area contributed by atoms with E-state index in [4.69, 9.17) is 0 Å². The summed E-state index contributed by atoms with van der Waals surface area (Å²) in [6.45, 7) is 12.8. The molecule has 0 saturated heterocycles. The first-order valence-electron chi connectivity index (χ1n) is 13.0. The minimum absolute atomic E-state index is 0.666. The van der Waals surface area contributed by atoms with E-state index in [1.54, 1.807) is 12.8 Å². The van der Waals surface area contributed by atoms with Crippen LogP contribution in [0.15, 0.2) is 17.1 Å². The molecule has 1 heterocycles. The van der Waals surface area contributed by atoms with Gasteiger partial charge in [-0.1, -0.05) is 38.8 Å². The number of aliphatic imine (C=N–C) groups is 1. The maximum atomic E-state index is 4.60. The number of hydrogen-bond donors (Lipinski definition) is 0. The minimum Gasteiger partial charge on any atom is -0.357 e. The zero-order valence-corrected chi connectivity index (χ0v) is 19.1. The van der Waals surface area contributed by atoms with Crippen LogP contribution in [0.1, 0.15) is 84.5 Å². The molecule has 4 saturated carbocycles. The van der Waals surface area contributed by atoms with E-state index in [1.807, 2.05) is 0 Å². The summed E-state index contributed by atoms with van der Waals surface area (Å²) in [7, 11) is 0. The van der Waals surface area contributed by atoms with Gasteiger partial charge in [0.1, 0.15) is 0 Å². The summed E-state index contributed by atoms with van der Waals surface area (Å²) in [5, 5.41) is 0. The molecule has 29 heavy (non-hydrogen) atoms. The van der Waals surface area contributed by atoms with Crippen LogP contribution in [0, 0.1) is 46.8 Å². The van der Waals surface area contributed by atoms with E-state index in [1.165, 1.54) is 63.4 Å². The van der Waals surface area contributed by atoms with Gasteiger partial charge in [-0.15, -0.1) is 0 Å². The van der Waals surface area contributed by atoms with Crippen molar-refractivity contribution in [2.45, 2.75) is 84.5 Å². The number of rotatable bonds is 5. The lowest BCUT2D eigenvalue weighted by molar-refractivity contribution is -0.0962. The Labute approximate surface area is 179 Å². The van der Waals surface area contributed by atoms with Gasteiger partial charge < -0.3 is 4.90 Å². The van der Waals surface area contributed by atoms with Gasteiger partial charge >= 0.3 is 0 Å². The van der Waals surface area contributed by atoms with E-state index >= 15 is 0 Å². The Kier molecular flexibility index (Phi) is 5.58. The van der Waals surface area contributed by atoms with E-state index < -0.39 is 0 Å². The maximum absolute atomic E-state index is 4.60. The SMILES string of the molecule is C=C(CN1C=NCC1)C1CCC2C1CCC1C2CCC2CC(CCC)CCC21C. The van der Waals surface area contributed by atoms with Crippen molar-refractivity contribution in [3.8, 4) is 0 Å². The van der Waals surface area contributed by atoms with Crippen LogP contribution in [0.5, 0.6) is 0 Å². The highest BCUT2D eigenvalue weighted by atomic mass is 15.2. The summed E-state index contributed by atoms with van der Waals surface area (Å²) in [6.07, 6.45) is 18.5. The third kappa shape index (κ3) is 3.51. The van der Waals surface area contributed by atoms with Gasteiger partial charge in [-0.3, -0.25) is 4.99 Å². The topological polar surface area (TPSA) is 15.6 Å². The van der Waals surface area contributed by atoms with Crippen LogP contribution in [-0.4, -0.2) is 30.9 Å². The van der Waals surface area contributed by atoms with Crippen molar-refractivity contribution in [1.29, 1.82) is 0 Å². The van der Waals surface area contributed by atoms with Gasteiger partial charge in [0.25, 0.3) is 0 Å². The second-order valence-electron chi connectivity index (χ2n) is 11.7. The zero-order valence-electron chi connectivity index (χ0n) is 19.1. The Balaban J connectivity index is 1.26. The summed E-state index contributed by atoms with van der Waals surface area (Å²) in [6, 6.07) is 0. The third-order valence-corrected chi connectivity index (χ3v) is 10.5. The van der Waals surface area contributed by atoms with Crippen molar-refractivity contribution < 1.29 is 0 Å².